The normalized spacial score (nSPS) is 11.6. The smallest absolute Gasteiger partial charge is 0.404 e. The highest BCUT2D eigenvalue weighted by molar-refractivity contribution is 5.73. The molecule has 24 heavy (non-hydrogen) atoms. The Hall–Kier alpha value is -3.37. The van der Waals surface area contributed by atoms with Crippen LogP contribution in [0.2, 0.25) is 0 Å². The Morgan fingerprint density at radius 2 is 1.83 bits per heavy atom. The lowest BCUT2D eigenvalue weighted by atomic mass is 10.2. The number of alkyl halides is 3. The van der Waals surface area contributed by atoms with Crippen LogP contribution in [-0.4, -0.2) is 21.0 Å². The van der Waals surface area contributed by atoms with Crippen molar-refractivity contribution in [1.82, 2.24) is 14.6 Å². The number of nitrogens with one attached hydrogen (secondary N) is 1. The van der Waals surface area contributed by atoms with Gasteiger partial charge in [-0.1, -0.05) is 0 Å². The van der Waals surface area contributed by atoms with Gasteiger partial charge in [-0.15, -0.1) is 18.3 Å². The number of fused-ring (bicyclic) bond motifs is 1. The van der Waals surface area contributed by atoms with E-state index in [0.29, 0.717) is 22.8 Å². The lowest BCUT2D eigenvalue weighted by molar-refractivity contribution is -0.274. The molecule has 0 spiro atoms. The van der Waals surface area contributed by atoms with Gasteiger partial charge < -0.3 is 27.3 Å². The zero-order valence-electron chi connectivity index (χ0n) is 12.0. The third-order valence-corrected chi connectivity index (χ3v) is 3.03. The third kappa shape index (κ3) is 3.04. The van der Waals surface area contributed by atoms with Crippen molar-refractivity contribution in [3.05, 3.63) is 30.5 Å². The average molecular weight is 339 g/mol. The molecule has 11 heteroatoms. The van der Waals surface area contributed by atoms with E-state index in [1.807, 2.05) is 0 Å². The number of halogens is 3. The van der Waals surface area contributed by atoms with Crippen molar-refractivity contribution in [3.63, 3.8) is 0 Å². The first-order chi connectivity index (χ1) is 11.2. The molecule has 0 amide bonds. The Kier molecular flexibility index (Phi) is 3.47. The summed E-state index contributed by atoms with van der Waals surface area (Å²) in [5.74, 6) is 0.109. The van der Waals surface area contributed by atoms with E-state index < -0.39 is 12.1 Å². The molecule has 0 aliphatic heterocycles. The van der Waals surface area contributed by atoms with Crippen LogP contribution >= 0.6 is 0 Å². The number of hydrogen-bond donors (Lipinski definition) is 4. The van der Waals surface area contributed by atoms with Gasteiger partial charge in [-0.3, -0.25) is 0 Å². The van der Waals surface area contributed by atoms with E-state index in [2.05, 4.69) is 20.1 Å². The van der Waals surface area contributed by atoms with Crippen molar-refractivity contribution in [1.29, 1.82) is 0 Å². The Balaban J connectivity index is 1.89. The van der Waals surface area contributed by atoms with Gasteiger partial charge in [-0.2, -0.15) is 4.52 Å². The zero-order valence-corrected chi connectivity index (χ0v) is 12.0. The Bertz CT molecular complexity index is 906. The van der Waals surface area contributed by atoms with Gasteiger partial charge >= 0.3 is 6.36 Å². The molecule has 7 N–H and O–H groups in total. The molecule has 2 aromatic heterocycles. The lowest BCUT2D eigenvalue weighted by Crippen LogP contribution is -2.18. The van der Waals surface area contributed by atoms with Crippen LogP contribution in [-0.2, 0) is 0 Å². The molecule has 0 unspecified atom stereocenters. The van der Waals surface area contributed by atoms with Crippen LogP contribution in [0.4, 0.5) is 41.9 Å². The van der Waals surface area contributed by atoms with Crippen LogP contribution in [0, 0.1) is 0 Å². The second-order valence-corrected chi connectivity index (χ2v) is 4.83. The number of nitrogen functional groups attached to an aromatic ring is 3. The van der Waals surface area contributed by atoms with Crippen LogP contribution in [0.5, 0.6) is 5.75 Å². The summed E-state index contributed by atoms with van der Waals surface area (Å²) in [7, 11) is 0. The first-order valence-electron chi connectivity index (χ1n) is 6.55. The maximum Gasteiger partial charge on any atom is 0.573 e. The van der Waals surface area contributed by atoms with Gasteiger partial charge in [0.25, 0.3) is 0 Å². The number of imidazole rings is 1. The minimum absolute atomic E-state index is 0.187. The summed E-state index contributed by atoms with van der Waals surface area (Å²) in [6.07, 6.45) is -3.41. The molecule has 0 saturated heterocycles. The number of aromatic nitrogens is 3. The lowest BCUT2D eigenvalue weighted by Gasteiger charge is -2.13. The number of nitrogens with two attached hydrogens (primary N) is 3. The summed E-state index contributed by atoms with van der Waals surface area (Å²) in [6.45, 7) is 0. The largest absolute Gasteiger partial charge is 0.573 e. The molecule has 8 nitrogen and oxygen atoms in total. The third-order valence-electron chi connectivity index (χ3n) is 3.03. The zero-order chi connectivity index (χ0) is 17.5. The fraction of sp³-hybridized carbons (Fsp3) is 0.0769. The van der Waals surface area contributed by atoms with Crippen molar-refractivity contribution >= 4 is 34.3 Å². The Morgan fingerprint density at radius 1 is 1.08 bits per heavy atom. The van der Waals surface area contributed by atoms with E-state index in [1.165, 1.54) is 28.9 Å². The molecular formula is C13H12F3N7O. The standard InChI is InChI=1S/C13H12F3N7O/c14-13(15,16)24-9-2-1-6(3-7(9)17)21-11-4-8(18)12-20-5-10(19)23(12)22-11/h1-5H,17-19H2,(H,21,22). The second kappa shape index (κ2) is 5.37. The molecule has 3 aromatic rings. The minimum Gasteiger partial charge on any atom is -0.404 e. The maximum absolute atomic E-state index is 12.2. The topological polar surface area (TPSA) is 130 Å². The second-order valence-electron chi connectivity index (χ2n) is 4.83. The molecule has 0 atom stereocenters. The molecule has 126 valence electrons. The molecule has 3 rings (SSSR count). The van der Waals surface area contributed by atoms with Gasteiger partial charge in [0.1, 0.15) is 5.82 Å². The molecule has 0 fully saturated rings. The summed E-state index contributed by atoms with van der Waals surface area (Å²) in [5.41, 5.74) is 18.1. The van der Waals surface area contributed by atoms with Crippen LogP contribution in [0.25, 0.3) is 5.65 Å². The van der Waals surface area contributed by atoms with Crippen LogP contribution in [0.15, 0.2) is 30.5 Å². The number of hydrogen-bond acceptors (Lipinski definition) is 7. The highest BCUT2D eigenvalue weighted by Gasteiger charge is 2.31. The fourth-order valence-corrected chi connectivity index (χ4v) is 2.06. The fourth-order valence-electron chi connectivity index (χ4n) is 2.06. The van der Waals surface area contributed by atoms with Gasteiger partial charge in [0.15, 0.2) is 17.2 Å². The van der Waals surface area contributed by atoms with Crippen molar-refractivity contribution < 1.29 is 17.9 Å². The van der Waals surface area contributed by atoms with Crippen molar-refractivity contribution in [2.45, 2.75) is 6.36 Å². The summed E-state index contributed by atoms with van der Waals surface area (Å²) in [6, 6.07) is 5.24. The number of ether oxygens (including phenoxy) is 1. The Morgan fingerprint density at radius 3 is 2.50 bits per heavy atom. The van der Waals surface area contributed by atoms with Gasteiger partial charge in [-0.25, -0.2) is 4.98 Å². The molecular weight excluding hydrogens is 327 g/mol. The van der Waals surface area contributed by atoms with Gasteiger partial charge in [0.05, 0.1) is 17.6 Å². The summed E-state index contributed by atoms with van der Waals surface area (Å²) >= 11 is 0. The highest BCUT2D eigenvalue weighted by Crippen LogP contribution is 2.31. The quantitative estimate of drug-likeness (QED) is 0.538. The number of benzene rings is 1. The average Bonchev–Trinajstić information content (AvgIpc) is 2.83. The van der Waals surface area contributed by atoms with Crippen molar-refractivity contribution in [2.75, 3.05) is 22.5 Å². The number of rotatable bonds is 3. The van der Waals surface area contributed by atoms with E-state index in [4.69, 9.17) is 17.2 Å². The predicted molar refractivity (Wildman–Crippen MR) is 82.6 cm³/mol. The van der Waals surface area contributed by atoms with Crippen molar-refractivity contribution in [2.24, 2.45) is 0 Å². The van der Waals surface area contributed by atoms with E-state index in [-0.39, 0.29) is 11.5 Å². The monoisotopic (exact) mass is 339 g/mol. The minimum atomic E-state index is -4.82. The molecule has 1 aromatic carbocycles. The maximum atomic E-state index is 12.2. The summed E-state index contributed by atoms with van der Waals surface area (Å²) in [5, 5.41) is 7.06. The molecule has 0 bridgehead atoms. The Labute approximate surface area is 133 Å². The highest BCUT2D eigenvalue weighted by atomic mass is 19.4. The first-order valence-corrected chi connectivity index (χ1v) is 6.55. The van der Waals surface area contributed by atoms with Gasteiger partial charge in [0.2, 0.25) is 0 Å². The molecule has 2 heterocycles. The molecule has 0 saturated carbocycles. The first kappa shape index (κ1) is 15.5. The predicted octanol–water partition coefficient (Wildman–Crippen LogP) is 2.12. The SMILES string of the molecule is Nc1cc(Nc2cc(N)c3ncc(N)n3n2)ccc1OC(F)(F)F. The van der Waals surface area contributed by atoms with Crippen LogP contribution in [0.3, 0.4) is 0 Å². The molecule has 0 aliphatic carbocycles. The molecule has 0 radical (unpaired) electrons. The van der Waals surface area contributed by atoms with E-state index in [0.717, 1.165) is 6.07 Å². The summed E-state index contributed by atoms with van der Waals surface area (Å²) < 4.78 is 41.8. The van der Waals surface area contributed by atoms with Crippen LogP contribution in [0.1, 0.15) is 0 Å². The number of anilines is 5. The van der Waals surface area contributed by atoms with E-state index >= 15 is 0 Å². The molecule has 0 aliphatic rings. The van der Waals surface area contributed by atoms with Crippen molar-refractivity contribution in [3.8, 4) is 5.75 Å². The van der Waals surface area contributed by atoms with E-state index in [9.17, 15) is 13.2 Å². The van der Waals surface area contributed by atoms with E-state index in [1.54, 1.807) is 0 Å². The summed E-state index contributed by atoms with van der Waals surface area (Å²) in [4.78, 5) is 4.01. The van der Waals surface area contributed by atoms with Gasteiger partial charge in [0, 0.05) is 11.8 Å². The van der Waals surface area contributed by atoms with Crippen LogP contribution < -0.4 is 27.3 Å². The van der Waals surface area contributed by atoms with Gasteiger partial charge in [-0.05, 0) is 18.2 Å². The number of nitrogens with zero attached hydrogens (tertiary/aromatic N) is 3.